The third-order valence-electron chi connectivity index (χ3n) is 3.36. The van der Waals surface area contributed by atoms with Gasteiger partial charge in [0.15, 0.2) is 5.12 Å². The molecule has 20 heavy (non-hydrogen) atoms. The minimum Gasteiger partial charge on any atom is -0.287 e. The molecule has 0 heterocycles. The highest BCUT2D eigenvalue weighted by atomic mass is 32.1. The van der Waals surface area contributed by atoms with Crippen molar-refractivity contribution >= 4 is 17.7 Å². The first-order valence-corrected chi connectivity index (χ1v) is 7.95. The molecule has 2 heteroatoms. The number of carbonyl (C=O) groups is 1. The molecular weight excluding hydrogens is 264 g/mol. The topological polar surface area (TPSA) is 17.1 Å². The molecule has 1 atom stereocenters. The van der Waals surface area contributed by atoms with Crippen LogP contribution in [0.1, 0.15) is 66.7 Å². The number of thiol groups is 1. The number of carbonyl (C=O) groups excluding carboxylic acids is 1. The first-order valence-electron chi connectivity index (χ1n) is 7.50. The van der Waals surface area contributed by atoms with Gasteiger partial charge in [0.1, 0.15) is 0 Å². The van der Waals surface area contributed by atoms with Crippen LogP contribution in [-0.4, -0.2) is 5.12 Å². The van der Waals surface area contributed by atoms with Gasteiger partial charge in [-0.1, -0.05) is 41.9 Å². The van der Waals surface area contributed by atoms with Crippen molar-refractivity contribution in [3.8, 4) is 0 Å². The second-order valence-corrected chi connectivity index (χ2v) is 6.38. The maximum absolute atomic E-state index is 11.0. The van der Waals surface area contributed by atoms with Gasteiger partial charge in [0.2, 0.25) is 0 Å². The van der Waals surface area contributed by atoms with Gasteiger partial charge in [-0.25, -0.2) is 0 Å². The predicted molar refractivity (Wildman–Crippen MR) is 93.2 cm³/mol. The monoisotopic (exact) mass is 294 g/mol. The Morgan fingerprint density at radius 2 is 1.45 bits per heavy atom. The first kappa shape index (κ1) is 19.2. The minimum atomic E-state index is -0.0240. The number of rotatable bonds is 9. The van der Waals surface area contributed by atoms with Crippen molar-refractivity contribution in [2.75, 3.05) is 0 Å². The lowest BCUT2D eigenvalue weighted by Crippen LogP contribution is -2.01. The lowest BCUT2D eigenvalue weighted by Gasteiger charge is -2.04. The minimum absolute atomic E-state index is 0.0228. The van der Waals surface area contributed by atoms with E-state index in [1.54, 1.807) is 0 Å². The van der Waals surface area contributed by atoms with Gasteiger partial charge in [0.25, 0.3) is 0 Å². The predicted octanol–water partition coefficient (Wildman–Crippen LogP) is 5.89. The summed E-state index contributed by atoms with van der Waals surface area (Å²) < 4.78 is 0. The summed E-state index contributed by atoms with van der Waals surface area (Å²) >= 11 is 3.86. The van der Waals surface area contributed by atoms with Crippen molar-refractivity contribution in [3.63, 3.8) is 0 Å². The van der Waals surface area contributed by atoms with E-state index in [1.165, 1.54) is 16.7 Å². The molecule has 0 radical (unpaired) electrons. The Kier molecular flexibility index (Phi) is 10.5. The maximum atomic E-state index is 11.0. The maximum Gasteiger partial charge on any atom is 0.189 e. The summed E-state index contributed by atoms with van der Waals surface area (Å²) in [5.41, 5.74) is 4.22. The molecule has 0 aromatic carbocycles. The molecule has 114 valence electrons. The third kappa shape index (κ3) is 11.1. The van der Waals surface area contributed by atoms with E-state index in [2.05, 4.69) is 58.6 Å². The van der Waals surface area contributed by atoms with Crippen molar-refractivity contribution < 1.29 is 4.79 Å². The molecule has 0 saturated heterocycles. The SMILES string of the molecule is CC(C)=CCCC(C)=CCCC(C)=CCC(C)C(=O)S. The average Bonchev–Trinajstić information content (AvgIpc) is 2.35. The molecular formula is C18H30OS. The summed E-state index contributed by atoms with van der Waals surface area (Å²) in [5, 5.41) is -0.0240. The van der Waals surface area contributed by atoms with E-state index in [-0.39, 0.29) is 11.0 Å². The van der Waals surface area contributed by atoms with Crippen LogP contribution in [0.15, 0.2) is 34.9 Å². The Balaban J connectivity index is 3.99. The summed E-state index contributed by atoms with van der Waals surface area (Å²) in [7, 11) is 0. The largest absolute Gasteiger partial charge is 0.287 e. The molecule has 0 amide bonds. The Hall–Kier alpha value is -0.760. The fourth-order valence-electron chi connectivity index (χ4n) is 1.82. The molecule has 0 N–H and O–H groups in total. The molecule has 0 rings (SSSR count). The van der Waals surface area contributed by atoms with Gasteiger partial charge < -0.3 is 0 Å². The van der Waals surface area contributed by atoms with Crippen LogP contribution in [0.25, 0.3) is 0 Å². The first-order chi connectivity index (χ1) is 9.32. The molecule has 0 aromatic rings. The number of allylic oxidation sites excluding steroid dienone is 6. The van der Waals surface area contributed by atoms with Crippen molar-refractivity contribution in [2.45, 2.75) is 66.7 Å². The Morgan fingerprint density at radius 1 is 0.950 bits per heavy atom. The third-order valence-corrected chi connectivity index (χ3v) is 3.80. The Bertz CT molecular complexity index is 384. The highest BCUT2D eigenvalue weighted by Crippen LogP contribution is 2.14. The van der Waals surface area contributed by atoms with Gasteiger partial charge >= 0.3 is 0 Å². The smallest absolute Gasteiger partial charge is 0.189 e. The molecule has 0 aliphatic carbocycles. The summed E-state index contributed by atoms with van der Waals surface area (Å²) in [4.78, 5) is 11.0. The van der Waals surface area contributed by atoms with E-state index in [9.17, 15) is 4.79 Å². The van der Waals surface area contributed by atoms with Gasteiger partial charge in [0.05, 0.1) is 0 Å². The fourth-order valence-corrected chi connectivity index (χ4v) is 1.92. The molecule has 0 aromatic heterocycles. The Labute approximate surface area is 130 Å². The van der Waals surface area contributed by atoms with E-state index in [0.29, 0.717) is 0 Å². The van der Waals surface area contributed by atoms with Crippen molar-refractivity contribution in [3.05, 3.63) is 34.9 Å². The lowest BCUT2D eigenvalue weighted by molar-refractivity contribution is -0.113. The zero-order chi connectivity index (χ0) is 15.5. The van der Waals surface area contributed by atoms with Crippen LogP contribution in [0.3, 0.4) is 0 Å². The van der Waals surface area contributed by atoms with Gasteiger partial charge in [-0.15, -0.1) is 12.6 Å². The van der Waals surface area contributed by atoms with Gasteiger partial charge in [-0.3, -0.25) is 4.79 Å². The van der Waals surface area contributed by atoms with Gasteiger partial charge in [-0.05, 0) is 59.8 Å². The van der Waals surface area contributed by atoms with Crippen LogP contribution in [0.2, 0.25) is 0 Å². The summed E-state index contributed by atoms with van der Waals surface area (Å²) in [6, 6.07) is 0. The number of hydrogen-bond acceptors (Lipinski definition) is 1. The molecule has 0 spiro atoms. The second-order valence-electron chi connectivity index (χ2n) is 5.93. The highest BCUT2D eigenvalue weighted by molar-refractivity contribution is 7.96. The van der Waals surface area contributed by atoms with Crippen LogP contribution in [-0.2, 0) is 4.79 Å². The van der Waals surface area contributed by atoms with Crippen molar-refractivity contribution in [1.29, 1.82) is 0 Å². The van der Waals surface area contributed by atoms with Crippen molar-refractivity contribution in [2.24, 2.45) is 5.92 Å². The molecule has 0 bridgehead atoms. The van der Waals surface area contributed by atoms with Crippen molar-refractivity contribution in [1.82, 2.24) is 0 Å². The Morgan fingerprint density at radius 3 is 1.95 bits per heavy atom. The quantitative estimate of drug-likeness (QED) is 0.414. The molecule has 0 fully saturated rings. The molecule has 0 saturated carbocycles. The van der Waals surface area contributed by atoms with E-state index in [1.807, 2.05) is 6.92 Å². The van der Waals surface area contributed by atoms with Gasteiger partial charge in [0, 0.05) is 5.92 Å². The molecule has 0 aliphatic heterocycles. The average molecular weight is 295 g/mol. The van der Waals surface area contributed by atoms with E-state index in [4.69, 9.17) is 0 Å². The standard InChI is InChI=1S/C18H30OS/c1-14(2)8-6-9-15(3)10-7-11-16(4)12-13-17(5)18(19)20/h8,10,12,17H,6-7,9,11,13H2,1-5H3,(H,19,20). The normalized spacial score (nSPS) is 14.1. The second kappa shape index (κ2) is 11.0. The fraction of sp³-hybridized carbons (Fsp3) is 0.611. The summed E-state index contributed by atoms with van der Waals surface area (Å²) in [5.74, 6) is 0.0228. The van der Waals surface area contributed by atoms with Crippen LogP contribution in [0.4, 0.5) is 0 Å². The lowest BCUT2D eigenvalue weighted by atomic mass is 10.0. The molecule has 1 nitrogen and oxygen atoms in total. The van der Waals surface area contributed by atoms with Crippen LogP contribution in [0.5, 0.6) is 0 Å². The summed E-state index contributed by atoms with van der Waals surface area (Å²) in [6.07, 6.45) is 12.1. The van der Waals surface area contributed by atoms with Gasteiger partial charge in [-0.2, -0.15) is 0 Å². The zero-order valence-electron chi connectivity index (χ0n) is 13.7. The van der Waals surface area contributed by atoms with E-state index < -0.39 is 0 Å². The molecule has 0 aliphatic rings. The van der Waals surface area contributed by atoms with Crippen LogP contribution in [0, 0.1) is 5.92 Å². The number of hydrogen-bond donors (Lipinski definition) is 1. The van der Waals surface area contributed by atoms with Crippen LogP contribution < -0.4 is 0 Å². The van der Waals surface area contributed by atoms with E-state index >= 15 is 0 Å². The summed E-state index contributed by atoms with van der Waals surface area (Å²) in [6.45, 7) is 10.6. The zero-order valence-corrected chi connectivity index (χ0v) is 14.6. The van der Waals surface area contributed by atoms with Crippen LogP contribution >= 0.6 is 12.6 Å². The highest BCUT2D eigenvalue weighted by Gasteiger charge is 2.05. The molecule has 1 unspecified atom stereocenters. The van der Waals surface area contributed by atoms with E-state index in [0.717, 1.165) is 32.1 Å².